The van der Waals surface area contributed by atoms with Crippen molar-refractivity contribution in [1.82, 2.24) is 4.72 Å². The molecule has 1 aliphatic rings. The maximum absolute atomic E-state index is 11.7. The fourth-order valence-electron chi connectivity index (χ4n) is 1.15. The Hall–Kier alpha value is -0.200. The highest BCUT2D eigenvalue weighted by molar-refractivity contribution is 7.89. The third-order valence-electron chi connectivity index (χ3n) is 2.51. The standard InChI is InChI=1S/C8H16FNO3S/c9-4-1-5-14(12,13)10-6-8(7-11)2-3-8/h10-11H,1-7H2. The van der Waals surface area contributed by atoms with Crippen LogP contribution in [-0.4, -0.2) is 39.1 Å². The van der Waals surface area contributed by atoms with Crippen LogP contribution in [0, 0.1) is 5.41 Å². The maximum Gasteiger partial charge on any atom is 0.211 e. The van der Waals surface area contributed by atoms with E-state index in [4.69, 9.17) is 5.11 Å². The van der Waals surface area contributed by atoms with E-state index in [0.29, 0.717) is 0 Å². The van der Waals surface area contributed by atoms with Crippen LogP contribution in [0.15, 0.2) is 0 Å². The minimum Gasteiger partial charge on any atom is -0.396 e. The molecule has 1 fully saturated rings. The van der Waals surface area contributed by atoms with Gasteiger partial charge in [0.1, 0.15) is 0 Å². The summed E-state index contributed by atoms with van der Waals surface area (Å²) in [4.78, 5) is 0. The number of alkyl halides is 1. The molecule has 0 aliphatic heterocycles. The van der Waals surface area contributed by atoms with E-state index in [-0.39, 0.29) is 30.7 Å². The van der Waals surface area contributed by atoms with Crippen molar-refractivity contribution < 1.29 is 17.9 Å². The van der Waals surface area contributed by atoms with Gasteiger partial charge in [-0.05, 0) is 19.3 Å². The van der Waals surface area contributed by atoms with E-state index in [9.17, 15) is 12.8 Å². The van der Waals surface area contributed by atoms with Gasteiger partial charge in [-0.25, -0.2) is 13.1 Å². The van der Waals surface area contributed by atoms with E-state index in [1.165, 1.54) is 0 Å². The molecule has 0 bridgehead atoms. The molecule has 0 aromatic carbocycles. The zero-order valence-electron chi connectivity index (χ0n) is 8.00. The highest BCUT2D eigenvalue weighted by Gasteiger charge is 2.42. The lowest BCUT2D eigenvalue weighted by Crippen LogP contribution is -2.33. The topological polar surface area (TPSA) is 66.4 Å². The molecule has 0 aromatic heterocycles. The molecule has 0 radical (unpaired) electrons. The predicted molar refractivity (Wildman–Crippen MR) is 51.1 cm³/mol. The summed E-state index contributed by atoms with van der Waals surface area (Å²) in [6.07, 6.45) is 1.74. The molecule has 2 N–H and O–H groups in total. The van der Waals surface area contributed by atoms with Crippen LogP contribution in [-0.2, 0) is 10.0 Å². The Balaban J connectivity index is 2.29. The van der Waals surface area contributed by atoms with Crippen molar-refractivity contribution in [2.75, 3.05) is 25.6 Å². The van der Waals surface area contributed by atoms with Gasteiger partial charge in [0.15, 0.2) is 0 Å². The molecule has 0 heterocycles. The SMILES string of the molecule is O=S(=O)(CCCF)NCC1(CO)CC1. The summed E-state index contributed by atoms with van der Waals surface area (Å²) in [7, 11) is -3.35. The van der Waals surface area contributed by atoms with E-state index < -0.39 is 16.7 Å². The molecule has 0 aromatic rings. The highest BCUT2D eigenvalue weighted by atomic mass is 32.2. The average Bonchev–Trinajstić information content (AvgIpc) is 2.93. The summed E-state index contributed by atoms with van der Waals surface area (Å²) < 4.78 is 36.6. The second kappa shape index (κ2) is 4.55. The fraction of sp³-hybridized carbons (Fsp3) is 1.00. The van der Waals surface area contributed by atoms with Crippen LogP contribution in [0.3, 0.4) is 0 Å². The Kier molecular flexibility index (Phi) is 3.86. The second-order valence-corrected chi connectivity index (χ2v) is 5.77. The van der Waals surface area contributed by atoms with Crippen LogP contribution in [0.25, 0.3) is 0 Å². The van der Waals surface area contributed by atoms with Crippen LogP contribution < -0.4 is 4.72 Å². The number of aliphatic hydroxyl groups excluding tert-OH is 1. The van der Waals surface area contributed by atoms with Crippen molar-refractivity contribution in [3.8, 4) is 0 Å². The molecular weight excluding hydrogens is 209 g/mol. The number of rotatable bonds is 7. The number of hydrogen-bond donors (Lipinski definition) is 2. The number of hydrogen-bond acceptors (Lipinski definition) is 3. The van der Waals surface area contributed by atoms with Crippen molar-refractivity contribution in [3.05, 3.63) is 0 Å². The van der Waals surface area contributed by atoms with Gasteiger partial charge < -0.3 is 5.11 Å². The summed E-state index contributed by atoms with van der Waals surface area (Å²) in [5, 5.41) is 8.93. The Labute approximate surface area is 83.6 Å². The third-order valence-corrected chi connectivity index (χ3v) is 3.92. The average molecular weight is 225 g/mol. The summed E-state index contributed by atoms with van der Waals surface area (Å²) >= 11 is 0. The highest BCUT2D eigenvalue weighted by Crippen LogP contribution is 2.44. The van der Waals surface area contributed by atoms with Gasteiger partial charge in [-0.1, -0.05) is 0 Å². The van der Waals surface area contributed by atoms with E-state index in [1.807, 2.05) is 0 Å². The van der Waals surface area contributed by atoms with Gasteiger partial charge in [-0.15, -0.1) is 0 Å². The predicted octanol–water partition coefficient (Wildman–Crippen LogP) is 0.0379. The lowest BCUT2D eigenvalue weighted by molar-refractivity contribution is 0.213. The van der Waals surface area contributed by atoms with Gasteiger partial charge in [0.25, 0.3) is 0 Å². The van der Waals surface area contributed by atoms with E-state index in [0.717, 1.165) is 12.8 Å². The quantitative estimate of drug-likeness (QED) is 0.643. The third kappa shape index (κ3) is 3.51. The molecule has 1 aliphatic carbocycles. The van der Waals surface area contributed by atoms with Crippen LogP contribution >= 0.6 is 0 Å². The molecule has 84 valence electrons. The normalized spacial score (nSPS) is 19.6. The first kappa shape index (κ1) is 11.9. The lowest BCUT2D eigenvalue weighted by atomic mass is 10.1. The lowest BCUT2D eigenvalue weighted by Gasteiger charge is -2.12. The zero-order valence-corrected chi connectivity index (χ0v) is 8.82. The molecule has 0 spiro atoms. The molecule has 4 nitrogen and oxygen atoms in total. The van der Waals surface area contributed by atoms with Gasteiger partial charge >= 0.3 is 0 Å². The van der Waals surface area contributed by atoms with Gasteiger partial charge in [0.05, 0.1) is 12.4 Å². The summed E-state index contributed by atoms with van der Waals surface area (Å²) in [6, 6.07) is 0. The Morgan fingerprint density at radius 2 is 2.07 bits per heavy atom. The molecule has 1 saturated carbocycles. The number of aliphatic hydroxyl groups is 1. The minimum atomic E-state index is -3.35. The zero-order chi connectivity index (χ0) is 10.7. The van der Waals surface area contributed by atoms with Crippen LogP contribution in [0.4, 0.5) is 4.39 Å². The molecule has 0 unspecified atom stereocenters. The van der Waals surface area contributed by atoms with Crippen molar-refractivity contribution in [3.63, 3.8) is 0 Å². The Morgan fingerprint density at radius 1 is 1.43 bits per heavy atom. The van der Waals surface area contributed by atoms with Gasteiger partial charge in [-0.2, -0.15) is 0 Å². The van der Waals surface area contributed by atoms with E-state index in [1.54, 1.807) is 0 Å². The molecule has 14 heavy (non-hydrogen) atoms. The smallest absolute Gasteiger partial charge is 0.211 e. The molecule has 0 atom stereocenters. The van der Waals surface area contributed by atoms with Gasteiger partial charge in [-0.3, -0.25) is 4.39 Å². The fourth-order valence-corrected chi connectivity index (χ4v) is 2.31. The number of halogens is 1. The first-order valence-corrected chi connectivity index (χ1v) is 6.33. The Bertz CT molecular complexity index is 274. The summed E-state index contributed by atoms with van der Waals surface area (Å²) in [5.74, 6) is -0.176. The molecular formula is C8H16FNO3S. The molecule has 0 amide bonds. The first-order valence-electron chi connectivity index (χ1n) is 4.68. The number of sulfonamides is 1. The van der Waals surface area contributed by atoms with E-state index in [2.05, 4.69) is 4.72 Å². The van der Waals surface area contributed by atoms with Crippen molar-refractivity contribution in [1.29, 1.82) is 0 Å². The van der Waals surface area contributed by atoms with Crippen LogP contribution in [0.2, 0.25) is 0 Å². The first-order chi connectivity index (χ1) is 6.54. The van der Waals surface area contributed by atoms with Crippen LogP contribution in [0.1, 0.15) is 19.3 Å². The minimum absolute atomic E-state index is 0.0125. The molecule has 6 heteroatoms. The number of nitrogens with one attached hydrogen (secondary N) is 1. The van der Waals surface area contributed by atoms with E-state index >= 15 is 0 Å². The summed E-state index contributed by atoms with van der Waals surface area (Å²) in [5.41, 5.74) is -0.233. The largest absolute Gasteiger partial charge is 0.396 e. The van der Waals surface area contributed by atoms with Gasteiger partial charge in [0, 0.05) is 18.6 Å². The molecule has 0 saturated heterocycles. The van der Waals surface area contributed by atoms with Crippen molar-refractivity contribution in [2.24, 2.45) is 5.41 Å². The van der Waals surface area contributed by atoms with Crippen molar-refractivity contribution >= 4 is 10.0 Å². The maximum atomic E-state index is 11.7. The summed E-state index contributed by atoms with van der Waals surface area (Å²) in [6.45, 7) is -0.331. The Morgan fingerprint density at radius 3 is 2.50 bits per heavy atom. The molecule has 1 rings (SSSR count). The second-order valence-electron chi connectivity index (χ2n) is 3.84. The van der Waals surface area contributed by atoms with Gasteiger partial charge in [0.2, 0.25) is 10.0 Å². The van der Waals surface area contributed by atoms with Crippen LogP contribution in [0.5, 0.6) is 0 Å². The van der Waals surface area contributed by atoms with Crippen molar-refractivity contribution in [2.45, 2.75) is 19.3 Å². The monoisotopic (exact) mass is 225 g/mol.